The van der Waals surface area contributed by atoms with Gasteiger partial charge >= 0.3 is 0 Å². The van der Waals surface area contributed by atoms with Crippen molar-refractivity contribution < 1.29 is 14.2 Å². The summed E-state index contributed by atoms with van der Waals surface area (Å²) in [6, 6.07) is 4.39. The van der Waals surface area contributed by atoms with Crippen molar-refractivity contribution in [3.63, 3.8) is 0 Å². The Hall–Kier alpha value is -1.42. The van der Waals surface area contributed by atoms with Gasteiger partial charge < -0.3 is 19.5 Å². The van der Waals surface area contributed by atoms with Crippen molar-refractivity contribution in [3.8, 4) is 17.2 Å². The first-order valence-electron chi connectivity index (χ1n) is 7.35. The van der Waals surface area contributed by atoms with Gasteiger partial charge in [0.05, 0.1) is 6.61 Å². The summed E-state index contributed by atoms with van der Waals surface area (Å²) in [5.74, 6) is 3.11. The van der Waals surface area contributed by atoms with E-state index in [4.69, 9.17) is 14.2 Å². The van der Waals surface area contributed by atoms with Crippen LogP contribution >= 0.6 is 0 Å². The van der Waals surface area contributed by atoms with Gasteiger partial charge in [-0.25, -0.2) is 0 Å². The Morgan fingerprint density at radius 3 is 2.50 bits per heavy atom. The second kappa shape index (κ2) is 6.84. The number of hydrogen-bond donors (Lipinski definition) is 1. The van der Waals surface area contributed by atoms with Gasteiger partial charge in [0, 0.05) is 24.2 Å². The summed E-state index contributed by atoms with van der Waals surface area (Å²) in [6.45, 7) is 10.5. The van der Waals surface area contributed by atoms with E-state index < -0.39 is 0 Å². The van der Waals surface area contributed by atoms with Crippen LogP contribution in [0.15, 0.2) is 12.1 Å². The van der Waals surface area contributed by atoms with Crippen LogP contribution in [-0.2, 0) is 6.54 Å². The number of benzene rings is 1. The van der Waals surface area contributed by atoms with Crippen molar-refractivity contribution in [3.05, 3.63) is 17.7 Å². The fourth-order valence-corrected chi connectivity index (χ4v) is 1.96. The summed E-state index contributed by atoms with van der Waals surface area (Å²) in [6.07, 6.45) is 1.05. The number of nitrogens with one attached hydrogen (secondary N) is 1. The predicted octanol–water partition coefficient (Wildman–Crippen LogP) is 3.34. The highest BCUT2D eigenvalue weighted by molar-refractivity contribution is 5.51. The average Bonchev–Trinajstić information content (AvgIpc) is 2.82. The van der Waals surface area contributed by atoms with Gasteiger partial charge in [-0.05, 0) is 18.4 Å². The van der Waals surface area contributed by atoms with Gasteiger partial charge in [0.25, 0.3) is 0 Å². The molecule has 0 fully saturated rings. The first-order chi connectivity index (χ1) is 9.56. The maximum atomic E-state index is 5.93. The van der Waals surface area contributed by atoms with Crippen LogP contribution in [0.3, 0.4) is 0 Å². The molecule has 1 aliphatic heterocycles. The van der Waals surface area contributed by atoms with Gasteiger partial charge in [0.1, 0.15) is 5.75 Å². The highest BCUT2D eigenvalue weighted by atomic mass is 16.7. The summed E-state index contributed by atoms with van der Waals surface area (Å²) in [5, 5.41) is 3.42. The van der Waals surface area contributed by atoms with Crippen LogP contribution < -0.4 is 19.5 Å². The molecule has 1 aromatic carbocycles. The molecule has 4 heteroatoms. The Balaban J connectivity index is 2.09. The molecule has 1 heterocycles. The number of hydrogen-bond acceptors (Lipinski definition) is 4. The van der Waals surface area contributed by atoms with E-state index in [1.807, 2.05) is 12.1 Å². The zero-order valence-electron chi connectivity index (χ0n) is 12.9. The molecule has 0 spiro atoms. The van der Waals surface area contributed by atoms with Crippen LogP contribution in [0.4, 0.5) is 0 Å². The number of ether oxygens (including phenoxy) is 3. The second-order valence-corrected chi connectivity index (χ2v) is 5.88. The Bertz CT molecular complexity index is 444. The lowest BCUT2D eigenvalue weighted by Crippen LogP contribution is -2.22. The lowest BCUT2D eigenvalue weighted by Gasteiger charge is -2.15. The van der Waals surface area contributed by atoms with E-state index in [0.717, 1.165) is 42.4 Å². The topological polar surface area (TPSA) is 39.7 Å². The number of rotatable bonds is 7. The lowest BCUT2D eigenvalue weighted by atomic mass is 10.1. The SMILES string of the molecule is CC(C)CCOc1cc2c(cc1CNC(C)C)OCO2. The molecule has 2 rings (SSSR count). The van der Waals surface area contributed by atoms with Crippen molar-refractivity contribution in [2.24, 2.45) is 5.92 Å². The molecule has 1 aromatic rings. The van der Waals surface area contributed by atoms with Crippen LogP contribution in [0.5, 0.6) is 17.2 Å². The molecule has 0 unspecified atom stereocenters. The smallest absolute Gasteiger partial charge is 0.231 e. The summed E-state index contributed by atoms with van der Waals surface area (Å²) in [4.78, 5) is 0. The molecule has 4 nitrogen and oxygen atoms in total. The minimum absolute atomic E-state index is 0.293. The van der Waals surface area contributed by atoms with Crippen LogP contribution in [0.1, 0.15) is 39.7 Å². The largest absolute Gasteiger partial charge is 0.493 e. The highest BCUT2D eigenvalue weighted by Crippen LogP contribution is 2.38. The standard InChI is InChI=1S/C16H25NO3/c1-11(2)5-6-18-14-8-16-15(19-10-20-16)7-13(14)9-17-12(3)4/h7-8,11-12,17H,5-6,9-10H2,1-4H3. The van der Waals surface area contributed by atoms with Crippen molar-refractivity contribution in [2.75, 3.05) is 13.4 Å². The summed E-state index contributed by atoms with van der Waals surface area (Å²) >= 11 is 0. The van der Waals surface area contributed by atoms with Gasteiger partial charge in [-0.15, -0.1) is 0 Å². The van der Waals surface area contributed by atoms with Crippen molar-refractivity contribution in [1.29, 1.82) is 0 Å². The van der Waals surface area contributed by atoms with Crippen LogP contribution in [-0.4, -0.2) is 19.4 Å². The normalized spacial score (nSPS) is 13.3. The van der Waals surface area contributed by atoms with Gasteiger partial charge in [0.15, 0.2) is 11.5 Å². The highest BCUT2D eigenvalue weighted by Gasteiger charge is 2.18. The van der Waals surface area contributed by atoms with Crippen LogP contribution in [0.25, 0.3) is 0 Å². The molecule has 0 aromatic heterocycles. The molecule has 112 valence electrons. The van der Waals surface area contributed by atoms with Crippen LogP contribution in [0, 0.1) is 5.92 Å². The Labute approximate surface area is 121 Å². The molecule has 0 aliphatic carbocycles. The summed E-state index contributed by atoms with van der Waals surface area (Å²) in [7, 11) is 0. The van der Waals surface area contributed by atoms with E-state index in [9.17, 15) is 0 Å². The third-order valence-electron chi connectivity index (χ3n) is 3.21. The lowest BCUT2D eigenvalue weighted by molar-refractivity contribution is 0.173. The molecule has 0 atom stereocenters. The molecule has 20 heavy (non-hydrogen) atoms. The third-order valence-corrected chi connectivity index (χ3v) is 3.21. The third kappa shape index (κ3) is 4.04. The second-order valence-electron chi connectivity index (χ2n) is 5.88. The van der Waals surface area contributed by atoms with E-state index in [0.29, 0.717) is 18.8 Å². The van der Waals surface area contributed by atoms with E-state index in [-0.39, 0.29) is 0 Å². The summed E-state index contributed by atoms with van der Waals surface area (Å²) in [5.41, 5.74) is 1.12. The zero-order valence-corrected chi connectivity index (χ0v) is 12.9. The fraction of sp³-hybridized carbons (Fsp3) is 0.625. The van der Waals surface area contributed by atoms with Gasteiger partial charge in [-0.2, -0.15) is 0 Å². The van der Waals surface area contributed by atoms with Crippen molar-refractivity contribution in [2.45, 2.75) is 46.7 Å². The van der Waals surface area contributed by atoms with Crippen molar-refractivity contribution in [1.82, 2.24) is 5.32 Å². The quantitative estimate of drug-likeness (QED) is 0.831. The van der Waals surface area contributed by atoms with E-state index in [1.54, 1.807) is 0 Å². The number of fused-ring (bicyclic) bond motifs is 1. The van der Waals surface area contributed by atoms with Crippen molar-refractivity contribution >= 4 is 0 Å². The predicted molar refractivity (Wildman–Crippen MR) is 79.5 cm³/mol. The van der Waals surface area contributed by atoms with E-state index in [2.05, 4.69) is 33.0 Å². The van der Waals surface area contributed by atoms with E-state index >= 15 is 0 Å². The molecule has 0 saturated heterocycles. The molecule has 1 N–H and O–H groups in total. The Morgan fingerprint density at radius 1 is 1.15 bits per heavy atom. The first-order valence-corrected chi connectivity index (χ1v) is 7.35. The maximum Gasteiger partial charge on any atom is 0.231 e. The van der Waals surface area contributed by atoms with Gasteiger partial charge in [0.2, 0.25) is 6.79 Å². The molecule has 0 amide bonds. The van der Waals surface area contributed by atoms with Crippen LogP contribution in [0.2, 0.25) is 0 Å². The summed E-state index contributed by atoms with van der Waals surface area (Å²) < 4.78 is 16.8. The molecule has 0 radical (unpaired) electrons. The average molecular weight is 279 g/mol. The molecular weight excluding hydrogens is 254 g/mol. The van der Waals surface area contributed by atoms with E-state index in [1.165, 1.54) is 0 Å². The minimum atomic E-state index is 0.293. The molecule has 0 bridgehead atoms. The molecule has 1 aliphatic rings. The molecule has 0 saturated carbocycles. The zero-order chi connectivity index (χ0) is 14.5. The van der Waals surface area contributed by atoms with Gasteiger partial charge in [-0.3, -0.25) is 0 Å². The maximum absolute atomic E-state index is 5.93. The fourth-order valence-electron chi connectivity index (χ4n) is 1.96. The monoisotopic (exact) mass is 279 g/mol. The molecular formula is C16H25NO3. The first kappa shape index (κ1) is 15.0. The van der Waals surface area contributed by atoms with Gasteiger partial charge in [-0.1, -0.05) is 27.7 Å². The Morgan fingerprint density at radius 2 is 1.85 bits per heavy atom. The minimum Gasteiger partial charge on any atom is -0.493 e. The Kier molecular flexibility index (Phi) is 5.12.